The van der Waals surface area contributed by atoms with Gasteiger partial charge in [0.25, 0.3) is 0 Å². The molecule has 1 aliphatic rings. The molecular formula is C16H19N3. The van der Waals surface area contributed by atoms with Crippen LogP contribution in [0.1, 0.15) is 24.8 Å². The smallest absolute Gasteiger partial charge is 0.149 e. The summed E-state index contributed by atoms with van der Waals surface area (Å²) in [6.45, 7) is 3.18. The van der Waals surface area contributed by atoms with Crippen LogP contribution < -0.4 is 10.6 Å². The summed E-state index contributed by atoms with van der Waals surface area (Å²) in [6.07, 6.45) is 2.95. The SMILES string of the molecule is CCC(c1ccccc1)C1CNc2cccnc2N1. The van der Waals surface area contributed by atoms with Crippen molar-refractivity contribution >= 4 is 11.5 Å². The van der Waals surface area contributed by atoms with E-state index in [4.69, 9.17) is 0 Å². The van der Waals surface area contributed by atoms with Gasteiger partial charge in [-0.1, -0.05) is 37.3 Å². The fourth-order valence-corrected chi connectivity index (χ4v) is 2.81. The first-order valence-corrected chi connectivity index (χ1v) is 6.89. The van der Waals surface area contributed by atoms with Crippen LogP contribution in [-0.4, -0.2) is 17.6 Å². The van der Waals surface area contributed by atoms with Crippen molar-refractivity contribution in [1.29, 1.82) is 0 Å². The number of anilines is 2. The van der Waals surface area contributed by atoms with E-state index < -0.39 is 0 Å². The minimum Gasteiger partial charge on any atom is -0.380 e. The Balaban J connectivity index is 1.83. The second kappa shape index (κ2) is 5.31. The Morgan fingerprint density at radius 2 is 2.05 bits per heavy atom. The van der Waals surface area contributed by atoms with Crippen molar-refractivity contribution in [2.45, 2.75) is 25.3 Å². The van der Waals surface area contributed by atoms with Gasteiger partial charge in [-0.25, -0.2) is 4.98 Å². The molecule has 1 aliphatic heterocycles. The molecule has 0 aliphatic carbocycles. The number of nitrogens with zero attached hydrogens (tertiary/aromatic N) is 1. The van der Waals surface area contributed by atoms with Crippen LogP contribution in [-0.2, 0) is 0 Å². The van der Waals surface area contributed by atoms with E-state index in [1.807, 2.05) is 12.3 Å². The highest BCUT2D eigenvalue weighted by Crippen LogP contribution is 2.31. The Bertz CT molecular complexity index is 539. The summed E-state index contributed by atoms with van der Waals surface area (Å²) in [5, 5.41) is 7.05. The Hall–Kier alpha value is -2.03. The number of pyridine rings is 1. The van der Waals surface area contributed by atoms with Gasteiger partial charge in [-0.05, 0) is 24.1 Å². The van der Waals surface area contributed by atoms with Crippen molar-refractivity contribution in [3.63, 3.8) is 0 Å². The zero-order chi connectivity index (χ0) is 13.1. The van der Waals surface area contributed by atoms with Crippen LogP contribution in [0.2, 0.25) is 0 Å². The molecule has 2 heterocycles. The van der Waals surface area contributed by atoms with Crippen molar-refractivity contribution in [2.75, 3.05) is 17.2 Å². The number of benzene rings is 1. The fourth-order valence-electron chi connectivity index (χ4n) is 2.81. The van der Waals surface area contributed by atoms with Gasteiger partial charge in [0.2, 0.25) is 0 Å². The van der Waals surface area contributed by atoms with Crippen LogP contribution in [0.5, 0.6) is 0 Å². The molecule has 19 heavy (non-hydrogen) atoms. The average molecular weight is 253 g/mol. The molecule has 0 spiro atoms. The highest BCUT2D eigenvalue weighted by molar-refractivity contribution is 5.67. The second-order valence-electron chi connectivity index (χ2n) is 4.96. The number of rotatable bonds is 3. The van der Waals surface area contributed by atoms with Crippen LogP contribution >= 0.6 is 0 Å². The third-order valence-electron chi connectivity index (χ3n) is 3.80. The third kappa shape index (κ3) is 2.41. The maximum absolute atomic E-state index is 4.41. The second-order valence-corrected chi connectivity index (χ2v) is 4.96. The summed E-state index contributed by atoms with van der Waals surface area (Å²) in [4.78, 5) is 4.41. The lowest BCUT2D eigenvalue weighted by molar-refractivity contribution is 0.557. The third-order valence-corrected chi connectivity index (χ3v) is 3.80. The first-order chi connectivity index (χ1) is 9.38. The van der Waals surface area contributed by atoms with Crippen LogP contribution in [0.3, 0.4) is 0 Å². The number of hydrogen-bond donors (Lipinski definition) is 2. The highest BCUT2D eigenvalue weighted by Gasteiger charge is 2.25. The molecule has 2 aromatic rings. The summed E-state index contributed by atoms with van der Waals surface area (Å²) in [6, 6.07) is 15.1. The predicted molar refractivity (Wildman–Crippen MR) is 79.6 cm³/mol. The van der Waals surface area contributed by atoms with E-state index in [1.54, 1.807) is 0 Å². The molecule has 2 unspecified atom stereocenters. The largest absolute Gasteiger partial charge is 0.380 e. The van der Waals surface area contributed by atoms with Crippen LogP contribution in [0.4, 0.5) is 11.5 Å². The summed E-state index contributed by atoms with van der Waals surface area (Å²) in [5.74, 6) is 1.47. The van der Waals surface area contributed by atoms with E-state index in [0.29, 0.717) is 12.0 Å². The highest BCUT2D eigenvalue weighted by atomic mass is 15.1. The van der Waals surface area contributed by atoms with Crippen LogP contribution in [0.25, 0.3) is 0 Å². The summed E-state index contributed by atoms with van der Waals surface area (Å²) in [5.41, 5.74) is 2.49. The molecule has 2 N–H and O–H groups in total. The van der Waals surface area contributed by atoms with Gasteiger partial charge in [-0.15, -0.1) is 0 Å². The quantitative estimate of drug-likeness (QED) is 0.879. The standard InChI is InChI=1S/C16H19N3/c1-2-13(12-7-4-3-5-8-12)15-11-18-14-9-6-10-17-16(14)19-15/h3-10,13,15,18H,2,11H2,1H3,(H,17,19). The molecular weight excluding hydrogens is 234 g/mol. The molecule has 3 rings (SSSR count). The van der Waals surface area contributed by atoms with Gasteiger partial charge in [0.15, 0.2) is 0 Å². The lowest BCUT2D eigenvalue weighted by Gasteiger charge is -2.33. The summed E-state index contributed by atoms with van der Waals surface area (Å²) >= 11 is 0. The van der Waals surface area contributed by atoms with Crippen molar-refractivity contribution in [3.8, 4) is 0 Å². The minimum atomic E-state index is 0.384. The molecule has 0 saturated carbocycles. The van der Waals surface area contributed by atoms with Crippen LogP contribution in [0, 0.1) is 0 Å². The maximum atomic E-state index is 4.41. The molecule has 1 aromatic carbocycles. The monoisotopic (exact) mass is 253 g/mol. The number of hydrogen-bond acceptors (Lipinski definition) is 3. The first-order valence-electron chi connectivity index (χ1n) is 6.89. The molecule has 0 amide bonds. The molecule has 3 nitrogen and oxygen atoms in total. The van der Waals surface area contributed by atoms with Gasteiger partial charge in [0.1, 0.15) is 5.82 Å². The number of fused-ring (bicyclic) bond motifs is 1. The summed E-state index contributed by atoms with van der Waals surface area (Å²) in [7, 11) is 0. The Morgan fingerprint density at radius 3 is 2.84 bits per heavy atom. The minimum absolute atomic E-state index is 0.384. The van der Waals surface area contributed by atoms with Crippen molar-refractivity contribution in [1.82, 2.24) is 4.98 Å². The Morgan fingerprint density at radius 1 is 1.21 bits per heavy atom. The van der Waals surface area contributed by atoms with Gasteiger partial charge < -0.3 is 10.6 Å². The predicted octanol–water partition coefficient (Wildman–Crippen LogP) is 3.48. The average Bonchev–Trinajstić information content (AvgIpc) is 2.49. The summed E-state index contributed by atoms with van der Waals surface area (Å²) < 4.78 is 0. The molecule has 98 valence electrons. The molecule has 0 fully saturated rings. The lowest BCUT2D eigenvalue weighted by atomic mass is 9.88. The van der Waals surface area contributed by atoms with Crippen molar-refractivity contribution in [3.05, 3.63) is 54.2 Å². The molecule has 1 aromatic heterocycles. The van der Waals surface area contributed by atoms with Crippen molar-refractivity contribution < 1.29 is 0 Å². The molecule has 3 heteroatoms. The zero-order valence-corrected chi connectivity index (χ0v) is 11.1. The van der Waals surface area contributed by atoms with Crippen molar-refractivity contribution in [2.24, 2.45) is 0 Å². The van der Waals surface area contributed by atoms with Gasteiger partial charge >= 0.3 is 0 Å². The maximum Gasteiger partial charge on any atom is 0.149 e. The number of nitrogens with one attached hydrogen (secondary N) is 2. The Labute approximate surface area is 114 Å². The van der Waals surface area contributed by atoms with Gasteiger partial charge in [0, 0.05) is 18.7 Å². The normalized spacial score (nSPS) is 18.9. The van der Waals surface area contributed by atoms with E-state index in [2.05, 4.69) is 58.9 Å². The molecule has 0 radical (unpaired) electrons. The molecule has 0 bridgehead atoms. The Kier molecular flexibility index (Phi) is 3.36. The van der Waals surface area contributed by atoms with Gasteiger partial charge in [-0.2, -0.15) is 0 Å². The zero-order valence-electron chi connectivity index (χ0n) is 11.1. The van der Waals surface area contributed by atoms with Gasteiger partial charge in [-0.3, -0.25) is 0 Å². The number of aromatic nitrogens is 1. The molecule has 2 atom stereocenters. The van der Waals surface area contributed by atoms with E-state index >= 15 is 0 Å². The van der Waals surface area contributed by atoms with Gasteiger partial charge in [0.05, 0.1) is 11.7 Å². The fraction of sp³-hybridized carbons (Fsp3) is 0.312. The van der Waals surface area contributed by atoms with E-state index in [0.717, 1.165) is 24.5 Å². The van der Waals surface area contributed by atoms with Crippen LogP contribution in [0.15, 0.2) is 48.7 Å². The van der Waals surface area contributed by atoms with E-state index in [1.165, 1.54) is 5.56 Å². The topological polar surface area (TPSA) is 37.0 Å². The van der Waals surface area contributed by atoms with E-state index in [9.17, 15) is 0 Å². The van der Waals surface area contributed by atoms with E-state index in [-0.39, 0.29) is 0 Å². The lowest BCUT2D eigenvalue weighted by Crippen LogP contribution is -2.38. The first kappa shape index (κ1) is 12.0. The molecule has 0 saturated heterocycles.